The molecule has 0 saturated heterocycles. The summed E-state index contributed by atoms with van der Waals surface area (Å²) in [4.78, 5) is 10.4. The Kier molecular flexibility index (Phi) is 4.75. The number of benzene rings is 1. The second-order valence-corrected chi connectivity index (χ2v) is 5.13. The number of furan rings is 1. The summed E-state index contributed by atoms with van der Waals surface area (Å²) >= 11 is 0. The molecule has 1 heterocycles. The highest BCUT2D eigenvalue weighted by Crippen LogP contribution is 2.30. The van der Waals surface area contributed by atoms with Gasteiger partial charge in [-0.05, 0) is 50.6 Å². The van der Waals surface area contributed by atoms with Gasteiger partial charge in [0, 0.05) is 17.7 Å². The Hall–Kier alpha value is -2.14. The van der Waals surface area contributed by atoms with Gasteiger partial charge < -0.3 is 9.73 Å². The minimum Gasteiger partial charge on any atom is -0.459 e. The standard InChI is InChI=1S/C16H20N2O3/c1-4-9-17-12(3)15-7-8-16(21-15)14-6-5-13(18(19)20)10-11(14)2/h5-8,10,12,17H,4,9H2,1-3H3. The number of hydrogen-bond acceptors (Lipinski definition) is 4. The third-order valence-electron chi connectivity index (χ3n) is 3.44. The lowest BCUT2D eigenvalue weighted by Crippen LogP contribution is -2.18. The quantitative estimate of drug-likeness (QED) is 0.638. The van der Waals surface area contributed by atoms with Crippen LogP contribution in [0.15, 0.2) is 34.7 Å². The monoisotopic (exact) mass is 288 g/mol. The van der Waals surface area contributed by atoms with Gasteiger partial charge in [0.15, 0.2) is 0 Å². The molecule has 21 heavy (non-hydrogen) atoms. The molecule has 0 fully saturated rings. The SMILES string of the molecule is CCCNC(C)c1ccc(-c2ccc([N+](=O)[O-])cc2C)o1. The van der Waals surface area contributed by atoms with E-state index in [1.165, 1.54) is 6.07 Å². The lowest BCUT2D eigenvalue weighted by atomic mass is 10.1. The van der Waals surface area contributed by atoms with Crippen LogP contribution in [0.4, 0.5) is 5.69 Å². The van der Waals surface area contributed by atoms with Crippen molar-refractivity contribution < 1.29 is 9.34 Å². The van der Waals surface area contributed by atoms with Gasteiger partial charge in [0.2, 0.25) is 0 Å². The Balaban J connectivity index is 2.23. The molecule has 1 unspecified atom stereocenters. The maximum Gasteiger partial charge on any atom is 0.269 e. The maximum absolute atomic E-state index is 10.8. The summed E-state index contributed by atoms with van der Waals surface area (Å²) in [5.41, 5.74) is 1.81. The van der Waals surface area contributed by atoms with Crippen LogP contribution in [-0.2, 0) is 0 Å². The first-order valence-electron chi connectivity index (χ1n) is 7.11. The van der Waals surface area contributed by atoms with Crippen molar-refractivity contribution in [3.63, 3.8) is 0 Å². The van der Waals surface area contributed by atoms with Crippen LogP contribution in [-0.4, -0.2) is 11.5 Å². The van der Waals surface area contributed by atoms with E-state index in [9.17, 15) is 10.1 Å². The molecule has 5 nitrogen and oxygen atoms in total. The summed E-state index contributed by atoms with van der Waals surface area (Å²) < 4.78 is 5.88. The Bertz CT molecular complexity index is 634. The van der Waals surface area contributed by atoms with E-state index in [1.807, 2.05) is 19.1 Å². The first kappa shape index (κ1) is 15.3. The van der Waals surface area contributed by atoms with Gasteiger partial charge in [-0.3, -0.25) is 10.1 Å². The van der Waals surface area contributed by atoms with Crippen LogP contribution < -0.4 is 5.32 Å². The van der Waals surface area contributed by atoms with Gasteiger partial charge in [0.05, 0.1) is 11.0 Å². The largest absolute Gasteiger partial charge is 0.459 e. The zero-order valence-corrected chi connectivity index (χ0v) is 12.6. The summed E-state index contributed by atoms with van der Waals surface area (Å²) in [6, 6.07) is 8.81. The van der Waals surface area contributed by atoms with E-state index in [2.05, 4.69) is 19.2 Å². The van der Waals surface area contributed by atoms with Gasteiger partial charge in [-0.1, -0.05) is 6.92 Å². The van der Waals surface area contributed by atoms with E-state index in [4.69, 9.17) is 4.42 Å². The average molecular weight is 288 g/mol. The van der Waals surface area contributed by atoms with Crippen LogP contribution in [0.2, 0.25) is 0 Å². The molecular weight excluding hydrogens is 268 g/mol. The minimum atomic E-state index is -0.388. The van der Waals surface area contributed by atoms with Gasteiger partial charge in [-0.25, -0.2) is 0 Å². The van der Waals surface area contributed by atoms with Gasteiger partial charge in [-0.15, -0.1) is 0 Å². The molecule has 1 N–H and O–H groups in total. The molecule has 112 valence electrons. The van der Waals surface area contributed by atoms with Gasteiger partial charge >= 0.3 is 0 Å². The van der Waals surface area contributed by atoms with Crippen molar-refractivity contribution in [2.45, 2.75) is 33.2 Å². The normalized spacial score (nSPS) is 12.3. The summed E-state index contributed by atoms with van der Waals surface area (Å²) in [6.07, 6.45) is 1.07. The number of nitro benzene ring substituents is 1. The van der Waals surface area contributed by atoms with E-state index in [0.717, 1.165) is 35.6 Å². The van der Waals surface area contributed by atoms with Crippen LogP contribution in [0, 0.1) is 17.0 Å². The fourth-order valence-corrected chi connectivity index (χ4v) is 2.23. The number of nitrogens with zero attached hydrogens (tertiary/aromatic N) is 1. The number of non-ortho nitro benzene ring substituents is 1. The van der Waals surface area contributed by atoms with Crippen molar-refractivity contribution in [1.82, 2.24) is 5.32 Å². The number of nitrogens with one attached hydrogen (secondary N) is 1. The predicted octanol–water partition coefficient (Wildman–Crippen LogP) is 4.22. The molecule has 1 atom stereocenters. The molecule has 0 aliphatic heterocycles. The second-order valence-electron chi connectivity index (χ2n) is 5.13. The molecule has 0 radical (unpaired) electrons. The molecule has 5 heteroatoms. The first-order chi connectivity index (χ1) is 10.0. The van der Waals surface area contributed by atoms with Crippen molar-refractivity contribution in [1.29, 1.82) is 0 Å². The topological polar surface area (TPSA) is 68.3 Å². The molecule has 0 amide bonds. The fourth-order valence-electron chi connectivity index (χ4n) is 2.23. The number of rotatable bonds is 6. The molecule has 0 spiro atoms. The predicted molar refractivity (Wildman–Crippen MR) is 82.2 cm³/mol. The van der Waals surface area contributed by atoms with E-state index >= 15 is 0 Å². The van der Waals surface area contributed by atoms with E-state index in [1.54, 1.807) is 12.1 Å². The van der Waals surface area contributed by atoms with Crippen molar-refractivity contribution in [3.8, 4) is 11.3 Å². The van der Waals surface area contributed by atoms with Crippen molar-refractivity contribution >= 4 is 5.69 Å². The Morgan fingerprint density at radius 2 is 2.10 bits per heavy atom. The van der Waals surface area contributed by atoms with Gasteiger partial charge in [0.25, 0.3) is 5.69 Å². The smallest absolute Gasteiger partial charge is 0.269 e. The second kappa shape index (κ2) is 6.54. The molecular formula is C16H20N2O3. The van der Waals surface area contributed by atoms with Crippen LogP contribution >= 0.6 is 0 Å². The highest BCUT2D eigenvalue weighted by atomic mass is 16.6. The molecule has 0 saturated carbocycles. The third kappa shape index (κ3) is 3.49. The number of nitro groups is 1. The maximum atomic E-state index is 10.8. The highest BCUT2D eigenvalue weighted by Gasteiger charge is 2.14. The molecule has 0 aliphatic rings. The number of hydrogen-bond donors (Lipinski definition) is 1. The zero-order chi connectivity index (χ0) is 15.4. The van der Waals surface area contributed by atoms with Crippen LogP contribution in [0.3, 0.4) is 0 Å². The van der Waals surface area contributed by atoms with E-state index in [0.29, 0.717) is 0 Å². The van der Waals surface area contributed by atoms with E-state index < -0.39 is 0 Å². The van der Waals surface area contributed by atoms with Crippen LogP contribution in [0.25, 0.3) is 11.3 Å². The van der Waals surface area contributed by atoms with Gasteiger partial charge in [-0.2, -0.15) is 0 Å². The lowest BCUT2D eigenvalue weighted by Gasteiger charge is -2.10. The first-order valence-corrected chi connectivity index (χ1v) is 7.11. The summed E-state index contributed by atoms with van der Waals surface area (Å²) in [7, 11) is 0. The fraction of sp³-hybridized carbons (Fsp3) is 0.375. The highest BCUT2D eigenvalue weighted by molar-refractivity contribution is 5.64. The minimum absolute atomic E-state index is 0.0982. The molecule has 0 bridgehead atoms. The molecule has 2 aromatic rings. The molecule has 2 rings (SSSR count). The summed E-state index contributed by atoms with van der Waals surface area (Å²) in [5.74, 6) is 1.61. The van der Waals surface area contributed by atoms with Crippen molar-refractivity contribution in [3.05, 3.63) is 51.8 Å². The van der Waals surface area contributed by atoms with Crippen LogP contribution in [0.1, 0.15) is 37.6 Å². The Morgan fingerprint density at radius 3 is 2.71 bits per heavy atom. The Labute approximate surface area is 124 Å². The van der Waals surface area contributed by atoms with Gasteiger partial charge in [0.1, 0.15) is 11.5 Å². The van der Waals surface area contributed by atoms with Crippen molar-refractivity contribution in [2.75, 3.05) is 6.54 Å². The Morgan fingerprint density at radius 1 is 1.33 bits per heavy atom. The zero-order valence-electron chi connectivity index (χ0n) is 12.6. The molecule has 1 aromatic carbocycles. The average Bonchev–Trinajstić information content (AvgIpc) is 2.94. The third-order valence-corrected chi connectivity index (χ3v) is 3.44. The van der Waals surface area contributed by atoms with E-state index in [-0.39, 0.29) is 16.7 Å². The summed E-state index contributed by atoms with van der Waals surface area (Å²) in [5, 5.41) is 14.1. The number of aryl methyl sites for hydroxylation is 1. The summed E-state index contributed by atoms with van der Waals surface area (Å²) in [6.45, 7) is 6.96. The lowest BCUT2D eigenvalue weighted by molar-refractivity contribution is -0.384. The van der Waals surface area contributed by atoms with Crippen LogP contribution in [0.5, 0.6) is 0 Å². The molecule has 0 aliphatic carbocycles. The molecule has 1 aromatic heterocycles. The van der Waals surface area contributed by atoms with Crippen molar-refractivity contribution in [2.24, 2.45) is 0 Å².